The molecule has 1 aromatic carbocycles. The molecule has 0 spiro atoms. The summed E-state index contributed by atoms with van der Waals surface area (Å²) in [5.41, 5.74) is 8.88. The van der Waals surface area contributed by atoms with E-state index in [-0.39, 0.29) is 6.04 Å². The predicted octanol–water partition coefficient (Wildman–Crippen LogP) is 2.18. The molecule has 0 aliphatic carbocycles. The molecule has 21 heavy (non-hydrogen) atoms. The van der Waals surface area contributed by atoms with Gasteiger partial charge in [0.25, 0.3) is 0 Å². The van der Waals surface area contributed by atoms with Crippen LogP contribution >= 0.6 is 0 Å². The van der Waals surface area contributed by atoms with Crippen molar-refractivity contribution in [3.63, 3.8) is 0 Å². The Morgan fingerprint density at radius 2 is 1.95 bits per heavy atom. The van der Waals surface area contributed by atoms with Crippen molar-refractivity contribution in [1.29, 1.82) is 0 Å². The summed E-state index contributed by atoms with van der Waals surface area (Å²) >= 11 is 0. The molecule has 0 saturated heterocycles. The minimum absolute atomic E-state index is 0.122. The molecule has 0 fully saturated rings. The van der Waals surface area contributed by atoms with Gasteiger partial charge in [-0.3, -0.25) is 4.98 Å². The van der Waals surface area contributed by atoms with Gasteiger partial charge < -0.3 is 20.5 Å². The van der Waals surface area contributed by atoms with E-state index in [1.807, 2.05) is 31.3 Å². The van der Waals surface area contributed by atoms with Gasteiger partial charge in [-0.1, -0.05) is 6.07 Å². The van der Waals surface area contributed by atoms with Crippen molar-refractivity contribution in [2.45, 2.75) is 12.5 Å². The zero-order valence-electron chi connectivity index (χ0n) is 12.6. The lowest BCUT2D eigenvalue weighted by atomic mass is 9.98. The van der Waals surface area contributed by atoms with Crippen LogP contribution in [-0.2, 0) is 6.42 Å². The summed E-state index contributed by atoms with van der Waals surface area (Å²) in [5.74, 6) is 1.44. The van der Waals surface area contributed by atoms with E-state index in [1.54, 1.807) is 26.6 Å². The summed E-state index contributed by atoms with van der Waals surface area (Å²) in [6, 6.07) is 7.85. The van der Waals surface area contributed by atoms with Crippen LogP contribution < -0.4 is 20.5 Å². The summed E-state index contributed by atoms with van der Waals surface area (Å²) in [5, 5.41) is 3.30. The first-order chi connectivity index (χ1) is 10.2. The summed E-state index contributed by atoms with van der Waals surface area (Å²) in [7, 11) is 5.19. The number of rotatable bonds is 6. The first kappa shape index (κ1) is 15.1. The minimum atomic E-state index is 0.122. The van der Waals surface area contributed by atoms with Gasteiger partial charge in [0.2, 0.25) is 0 Å². The number of likely N-dealkylation sites (N-methyl/N-ethyl adjacent to an activating group) is 1. The number of nitrogens with two attached hydrogens (primary N) is 1. The number of hydrogen-bond acceptors (Lipinski definition) is 5. The third kappa shape index (κ3) is 3.44. The third-order valence-corrected chi connectivity index (χ3v) is 3.52. The maximum Gasteiger partial charge on any atom is 0.161 e. The van der Waals surface area contributed by atoms with Crippen LogP contribution in [0.3, 0.4) is 0 Å². The van der Waals surface area contributed by atoms with Gasteiger partial charge in [-0.05, 0) is 42.8 Å². The molecule has 3 N–H and O–H groups in total. The van der Waals surface area contributed by atoms with E-state index in [9.17, 15) is 0 Å². The fourth-order valence-electron chi connectivity index (χ4n) is 2.28. The van der Waals surface area contributed by atoms with Crippen LogP contribution in [0.25, 0.3) is 0 Å². The largest absolute Gasteiger partial charge is 0.493 e. The Labute approximate surface area is 125 Å². The zero-order valence-corrected chi connectivity index (χ0v) is 12.6. The first-order valence-corrected chi connectivity index (χ1v) is 6.77. The summed E-state index contributed by atoms with van der Waals surface area (Å²) in [6.45, 7) is 0. The molecule has 1 unspecified atom stereocenters. The Morgan fingerprint density at radius 1 is 1.19 bits per heavy atom. The van der Waals surface area contributed by atoms with Crippen LogP contribution in [0.15, 0.2) is 36.7 Å². The van der Waals surface area contributed by atoms with Crippen molar-refractivity contribution in [1.82, 2.24) is 10.3 Å². The van der Waals surface area contributed by atoms with Crippen molar-refractivity contribution < 1.29 is 9.47 Å². The second-order valence-corrected chi connectivity index (χ2v) is 4.73. The number of anilines is 1. The highest BCUT2D eigenvalue weighted by Gasteiger charge is 2.14. The first-order valence-electron chi connectivity index (χ1n) is 6.77. The highest BCUT2D eigenvalue weighted by molar-refractivity contribution is 5.47. The molecule has 1 heterocycles. The molecule has 0 radical (unpaired) electrons. The SMILES string of the molecule is CNC(Cc1cnccc1N)c1ccc(OC)c(OC)c1. The highest BCUT2D eigenvalue weighted by Crippen LogP contribution is 2.31. The third-order valence-electron chi connectivity index (χ3n) is 3.52. The molecule has 112 valence electrons. The number of ether oxygens (including phenoxy) is 2. The van der Waals surface area contributed by atoms with Crippen molar-refractivity contribution in [3.8, 4) is 11.5 Å². The number of nitrogens with zero attached hydrogens (tertiary/aromatic N) is 1. The lowest BCUT2D eigenvalue weighted by Gasteiger charge is -2.19. The van der Waals surface area contributed by atoms with Crippen LogP contribution in [-0.4, -0.2) is 26.3 Å². The van der Waals surface area contributed by atoms with E-state index in [1.165, 1.54) is 0 Å². The molecule has 1 atom stereocenters. The summed E-state index contributed by atoms with van der Waals surface area (Å²) < 4.78 is 10.6. The lowest BCUT2D eigenvalue weighted by molar-refractivity contribution is 0.354. The minimum Gasteiger partial charge on any atom is -0.493 e. The van der Waals surface area contributed by atoms with Gasteiger partial charge in [0.05, 0.1) is 14.2 Å². The van der Waals surface area contributed by atoms with Crippen LogP contribution in [0.4, 0.5) is 5.69 Å². The number of benzene rings is 1. The van der Waals surface area contributed by atoms with Gasteiger partial charge in [-0.15, -0.1) is 0 Å². The molecular weight excluding hydrogens is 266 g/mol. The van der Waals surface area contributed by atoms with Crippen molar-refractivity contribution in [2.24, 2.45) is 0 Å². The second-order valence-electron chi connectivity index (χ2n) is 4.73. The van der Waals surface area contributed by atoms with Gasteiger partial charge in [0, 0.05) is 24.1 Å². The van der Waals surface area contributed by atoms with Gasteiger partial charge in [0.1, 0.15) is 0 Å². The fourth-order valence-corrected chi connectivity index (χ4v) is 2.28. The second kappa shape index (κ2) is 6.95. The van der Waals surface area contributed by atoms with Gasteiger partial charge in [-0.25, -0.2) is 0 Å². The van der Waals surface area contributed by atoms with Crippen LogP contribution in [0.5, 0.6) is 11.5 Å². The van der Waals surface area contributed by atoms with Crippen LogP contribution in [0, 0.1) is 0 Å². The topological polar surface area (TPSA) is 69.4 Å². The number of nitrogens with one attached hydrogen (secondary N) is 1. The monoisotopic (exact) mass is 287 g/mol. The fraction of sp³-hybridized carbons (Fsp3) is 0.312. The summed E-state index contributed by atoms with van der Waals surface area (Å²) in [6.07, 6.45) is 4.26. The molecule has 0 bridgehead atoms. The molecule has 0 aliphatic rings. The Balaban J connectivity index is 2.27. The van der Waals surface area contributed by atoms with Crippen LogP contribution in [0.1, 0.15) is 17.2 Å². The van der Waals surface area contributed by atoms with E-state index in [2.05, 4.69) is 10.3 Å². The Morgan fingerprint density at radius 3 is 2.57 bits per heavy atom. The molecule has 1 aromatic heterocycles. The maximum absolute atomic E-state index is 5.99. The molecule has 2 aromatic rings. The smallest absolute Gasteiger partial charge is 0.161 e. The van der Waals surface area contributed by atoms with Crippen molar-refractivity contribution in [3.05, 3.63) is 47.8 Å². The number of methoxy groups -OCH3 is 2. The molecule has 0 saturated carbocycles. The highest BCUT2D eigenvalue weighted by atomic mass is 16.5. The Hall–Kier alpha value is -2.27. The van der Waals surface area contributed by atoms with Gasteiger partial charge in [0.15, 0.2) is 11.5 Å². The summed E-state index contributed by atoms with van der Waals surface area (Å²) in [4.78, 5) is 4.14. The molecule has 2 rings (SSSR count). The van der Waals surface area contributed by atoms with E-state index in [0.717, 1.165) is 34.7 Å². The number of pyridine rings is 1. The van der Waals surface area contributed by atoms with E-state index < -0.39 is 0 Å². The average Bonchev–Trinajstić information content (AvgIpc) is 2.53. The number of nitrogen functional groups attached to an aromatic ring is 1. The molecule has 0 amide bonds. The number of aromatic nitrogens is 1. The predicted molar refractivity (Wildman–Crippen MR) is 83.7 cm³/mol. The standard InChI is InChI=1S/C16H21N3O2/c1-18-14(8-12-10-19-7-6-13(12)17)11-4-5-15(20-2)16(9-11)21-3/h4-7,9-10,14,18H,8H2,1-3H3,(H2,17,19). The Kier molecular flexibility index (Phi) is 5.00. The van der Waals surface area contributed by atoms with E-state index in [0.29, 0.717) is 0 Å². The normalized spacial score (nSPS) is 12.0. The van der Waals surface area contributed by atoms with Crippen molar-refractivity contribution >= 4 is 5.69 Å². The molecular formula is C16H21N3O2. The Bertz CT molecular complexity index is 602. The molecule has 0 aliphatic heterocycles. The van der Waals surface area contributed by atoms with Crippen molar-refractivity contribution in [2.75, 3.05) is 27.0 Å². The van der Waals surface area contributed by atoms with E-state index >= 15 is 0 Å². The van der Waals surface area contributed by atoms with E-state index in [4.69, 9.17) is 15.2 Å². The quantitative estimate of drug-likeness (QED) is 0.852. The van der Waals surface area contributed by atoms with Gasteiger partial charge in [-0.2, -0.15) is 0 Å². The van der Waals surface area contributed by atoms with Gasteiger partial charge >= 0.3 is 0 Å². The molecule has 5 heteroatoms. The van der Waals surface area contributed by atoms with Crippen LogP contribution in [0.2, 0.25) is 0 Å². The zero-order chi connectivity index (χ0) is 15.2. The average molecular weight is 287 g/mol. The number of hydrogen-bond donors (Lipinski definition) is 2. The lowest BCUT2D eigenvalue weighted by Crippen LogP contribution is -2.19. The molecule has 5 nitrogen and oxygen atoms in total. The maximum atomic E-state index is 5.99.